The molecule has 104 valence electrons. The zero-order chi connectivity index (χ0) is 14.4. The first-order valence-electron chi connectivity index (χ1n) is 5.70. The van der Waals surface area contributed by atoms with E-state index in [-0.39, 0.29) is 18.3 Å². The highest BCUT2D eigenvalue weighted by Crippen LogP contribution is 2.13. The number of thiophene rings is 1. The van der Waals surface area contributed by atoms with Crippen molar-refractivity contribution in [1.29, 1.82) is 0 Å². The van der Waals surface area contributed by atoms with Gasteiger partial charge < -0.3 is 15.9 Å². The van der Waals surface area contributed by atoms with Gasteiger partial charge in [-0.05, 0) is 35.7 Å². The third kappa shape index (κ3) is 4.25. The van der Waals surface area contributed by atoms with Gasteiger partial charge >= 0.3 is 0 Å². The molecule has 0 aliphatic heterocycles. The lowest BCUT2D eigenvalue weighted by molar-refractivity contribution is -0.120. The van der Waals surface area contributed by atoms with E-state index in [2.05, 4.69) is 10.5 Å². The Morgan fingerprint density at radius 3 is 2.75 bits per heavy atom. The summed E-state index contributed by atoms with van der Waals surface area (Å²) in [7, 11) is 0. The maximum Gasteiger partial charge on any atom is 0.265 e. The summed E-state index contributed by atoms with van der Waals surface area (Å²) in [5.74, 6) is -0.0747. The fraction of sp³-hybridized carbons (Fsp3) is 0.0769. The quantitative estimate of drug-likeness (QED) is 0.506. The maximum absolute atomic E-state index is 11.6. The number of oxime groups is 1. The molecule has 5 nitrogen and oxygen atoms in total. The highest BCUT2D eigenvalue weighted by molar-refractivity contribution is 7.12. The molecule has 0 fully saturated rings. The van der Waals surface area contributed by atoms with Gasteiger partial charge in [-0.2, -0.15) is 0 Å². The molecular formula is C13H12ClN3O2S. The van der Waals surface area contributed by atoms with Gasteiger partial charge in [-0.3, -0.25) is 4.79 Å². The number of anilines is 1. The van der Waals surface area contributed by atoms with Crippen molar-refractivity contribution in [3.05, 3.63) is 51.7 Å². The predicted octanol–water partition coefficient (Wildman–Crippen LogP) is 2.68. The number of hydrogen-bond donors (Lipinski definition) is 2. The minimum absolute atomic E-state index is 0.214. The summed E-state index contributed by atoms with van der Waals surface area (Å²) >= 11 is 7.19. The van der Waals surface area contributed by atoms with Crippen LogP contribution in [0.4, 0.5) is 5.69 Å². The van der Waals surface area contributed by atoms with Crippen LogP contribution in [0.2, 0.25) is 5.02 Å². The monoisotopic (exact) mass is 309 g/mol. The van der Waals surface area contributed by atoms with Crippen LogP contribution >= 0.6 is 22.9 Å². The topological polar surface area (TPSA) is 76.7 Å². The van der Waals surface area contributed by atoms with Crippen molar-refractivity contribution in [3.63, 3.8) is 0 Å². The molecule has 20 heavy (non-hydrogen) atoms. The van der Waals surface area contributed by atoms with Crippen molar-refractivity contribution in [1.82, 2.24) is 0 Å². The zero-order valence-electron chi connectivity index (χ0n) is 10.4. The van der Waals surface area contributed by atoms with Gasteiger partial charge in [0.1, 0.15) is 0 Å². The van der Waals surface area contributed by atoms with Gasteiger partial charge in [0.15, 0.2) is 12.4 Å². The number of halogens is 1. The molecule has 3 N–H and O–H groups in total. The molecule has 1 aromatic carbocycles. The van der Waals surface area contributed by atoms with Crippen LogP contribution in [0.15, 0.2) is 46.9 Å². The van der Waals surface area contributed by atoms with Crippen LogP contribution in [0.25, 0.3) is 0 Å². The number of nitrogens with two attached hydrogens (primary N) is 1. The van der Waals surface area contributed by atoms with Crippen LogP contribution < -0.4 is 11.1 Å². The van der Waals surface area contributed by atoms with Crippen molar-refractivity contribution >= 4 is 40.4 Å². The third-order valence-electron chi connectivity index (χ3n) is 2.26. The van der Waals surface area contributed by atoms with Crippen molar-refractivity contribution in [2.75, 3.05) is 11.9 Å². The average Bonchev–Trinajstić information content (AvgIpc) is 2.95. The summed E-state index contributed by atoms with van der Waals surface area (Å²) in [6.45, 7) is -0.214. The minimum Gasteiger partial charge on any atom is -0.384 e. The van der Waals surface area contributed by atoms with Gasteiger partial charge in [-0.15, -0.1) is 11.3 Å². The highest BCUT2D eigenvalue weighted by Gasteiger charge is 2.04. The average molecular weight is 310 g/mol. The molecule has 0 unspecified atom stereocenters. The predicted molar refractivity (Wildman–Crippen MR) is 81.1 cm³/mol. The third-order valence-corrected chi connectivity index (χ3v) is 3.40. The first-order valence-corrected chi connectivity index (χ1v) is 6.95. The van der Waals surface area contributed by atoms with Crippen LogP contribution in [0.1, 0.15) is 4.88 Å². The number of carbonyl (C=O) groups is 1. The Morgan fingerprint density at radius 2 is 2.10 bits per heavy atom. The van der Waals surface area contributed by atoms with E-state index in [9.17, 15) is 4.79 Å². The Bertz CT molecular complexity index is 597. The molecule has 0 atom stereocenters. The summed E-state index contributed by atoms with van der Waals surface area (Å²) in [6, 6.07) is 10.4. The van der Waals surface area contributed by atoms with Gasteiger partial charge in [0, 0.05) is 10.7 Å². The second-order valence-electron chi connectivity index (χ2n) is 3.78. The number of nitrogens with one attached hydrogen (secondary N) is 1. The largest absolute Gasteiger partial charge is 0.384 e. The second-order valence-corrected chi connectivity index (χ2v) is 5.17. The van der Waals surface area contributed by atoms with Crippen molar-refractivity contribution in [3.8, 4) is 0 Å². The number of carbonyl (C=O) groups excluding carboxylic acids is 1. The summed E-state index contributed by atoms with van der Waals surface area (Å²) in [5, 5.41) is 8.82. The summed E-state index contributed by atoms with van der Waals surface area (Å²) in [6.07, 6.45) is 0. The van der Waals surface area contributed by atoms with E-state index in [1.165, 1.54) is 11.3 Å². The van der Waals surface area contributed by atoms with E-state index in [1.807, 2.05) is 17.5 Å². The summed E-state index contributed by atoms with van der Waals surface area (Å²) < 4.78 is 0. The van der Waals surface area contributed by atoms with Gasteiger partial charge in [0.2, 0.25) is 0 Å². The Kier molecular flexibility index (Phi) is 4.97. The highest BCUT2D eigenvalue weighted by atomic mass is 35.5. The molecule has 2 aromatic rings. The molecule has 0 aliphatic carbocycles. The van der Waals surface area contributed by atoms with Gasteiger partial charge in [0.25, 0.3) is 5.91 Å². The molecule has 7 heteroatoms. The lowest BCUT2D eigenvalue weighted by Gasteiger charge is -2.04. The van der Waals surface area contributed by atoms with E-state index < -0.39 is 0 Å². The van der Waals surface area contributed by atoms with E-state index in [0.29, 0.717) is 10.7 Å². The lowest BCUT2D eigenvalue weighted by Crippen LogP contribution is -2.19. The van der Waals surface area contributed by atoms with E-state index in [1.54, 1.807) is 24.3 Å². The number of rotatable bonds is 5. The normalized spacial score (nSPS) is 11.2. The van der Waals surface area contributed by atoms with Gasteiger partial charge in [0.05, 0.1) is 4.88 Å². The van der Waals surface area contributed by atoms with E-state index in [0.717, 1.165) is 4.88 Å². The molecule has 2 rings (SSSR count). The van der Waals surface area contributed by atoms with E-state index >= 15 is 0 Å². The molecule has 1 amide bonds. The Labute approximate surface area is 125 Å². The van der Waals surface area contributed by atoms with Crippen LogP contribution in [-0.2, 0) is 9.63 Å². The fourth-order valence-electron chi connectivity index (χ4n) is 1.36. The zero-order valence-corrected chi connectivity index (χ0v) is 11.9. The first-order chi connectivity index (χ1) is 9.65. The molecule has 0 radical (unpaired) electrons. The maximum atomic E-state index is 11.6. The fourth-order valence-corrected chi connectivity index (χ4v) is 2.10. The number of hydrogen-bond acceptors (Lipinski definition) is 4. The molecule has 0 saturated heterocycles. The number of nitrogens with zero attached hydrogens (tertiary/aromatic N) is 1. The molecular weight excluding hydrogens is 298 g/mol. The lowest BCUT2D eigenvalue weighted by atomic mass is 10.3. The second kappa shape index (κ2) is 6.93. The molecule has 0 aliphatic rings. The standard InChI is InChI=1S/C13H12ClN3O2S/c14-9-3-5-10(6-4-9)16-12(18)8-19-17-13(15)11-2-1-7-20-11/h1-7H,8H2,(H2,15,17)(H,16,18). The van der Waals surface area contributed by atoms with Crippen molar-refractivity contribution < 1.29 is 9.63 Å². The van der Waals surface area contributed by atoms with Crippen LogP contribution in [0.5, 0.6) is 0 Å². The van der Waals surface area contributed by atoms with Crippen LogP contribution in [0, 0.1) is 0 Å². The minimum atomic E-state index is -0.324. The first kappa shape index (κ1) is 14.4. The number of benzene rings is 1. The summed E-state index contributed by atoms with van der Waals surface area (Å²) in [5.41, 5.74) is 6.32. The molecule has 1 aromatic heterocycles. The Morgan fingerprint density at radius 1 is 1.35 bits per heavy atom. The molecule has 1 heterocycles. The van der Waals surface area contributed by atoms with Crippen LogP contribution in [0.3, 0.4) is 0 Å². The van der Waals surface area contributed by atoms with E-state index in [4.69, 9.17) is 22.2 Å². The summed E-state index contributed by atoms with van der Waals surface area (Å²) in [4.78, 5) is 17.3. The molecule has 0 spiro atoms. The Balaban J connectivity index is 1.81. The van der Waals surface area contributed by atoms with Gasteiger partial charge in [-0.25, -0.2) is 0 Å². The van der Waals surface area contributed by atoms with Crippen LogP contribution in [-0.4, -0.2) is 18.3 Å². The SMILES string of the molecule is NC(=NOCC(=O)Nc1ccc(Cl)cc1)c1cccs1. The smallest absolute Gasteiger partial charge is 0.265 e. The number of amidine groups is 1. The Hall–Kier alpha value is -2.05. The molecule has 0 saturated carbocycles. The van der Waals surface area contributed by atoms with Crippen molar-refractivity contribution in [2.45, 2.75) is 0 Å². The number of amides is 1. The molecule has 0 bridgehead atoms. The van der Waals surface area contributed by atoms with Crippen molar-refractivity contribution in [2.24, 2.45) is 10.9 Å². The van der Waals surface area contributed by atoms with Gasteiger partial charge in [-0.1, -0.05) is 22.8 Å².